The lowest BCUT2D eigenvalue weighted by Gasteiger charge is -2.15. The van der Waals surface area contributed by atoms with E-state index in [0.29, 0.717) is 6.04 Å². The molecule has 3 heteroatoms. The zero-order chi connectivity index (χ0) is 14.3. The van der Waals surface area contributed by atoms with Crippen LogP contribution >= 0.6 is 0 Å². The third-order valence-electron chi connectivity index (χ3n) is 3.33. The predicted molar refractivity (Wildman–Crippen MR) is 81.2 cm³/mol. The molecular formula is C16H26N2O. The molecule has 1 amide bonds. The third kappa shape index (κ3) is 5.03. The first-order valence-electron chi connectivity index (χ1n) is 7.22. The van der Waals surface area contributed by atoms with Crippen LogP contribution in [0, 0.1) is 5.92 Å². The summed E-state index contributed by atoms with van der Waals surface area (Å²) in [5, 5.41) is 6.37. The van der Waals surface area contributed by atoms with E-state index < -0.39 is 0 Å². The first-order valence-corrected chi connectivity index (χ1v) is 7.22. The van der Waals surface area contributed by atoms with E-state index in [0.717, 1.165) is 25.1 Å². The Balaban J connectivity index is 2.69. The summed E-state index contributed by atoms with van der Waals surface area (Å²) < 4.78 is 0. The van der Waals surface area contributed by atoms with Crippen LogP contribution in [0.4, 0.5) is 5.69 Å². The molecule has 1 aromatic rings. The number of anilines is 1. The zero-order valence-corrected chi connectivity index (χ0v) is 12.5. The standard InChI is InChI=1S/C16H26N2O/c1-5-8-12(3)16(19)18-15-10-7-9-14(11-15)13(4)17-6-2/h7,9-13,17H,5-6,8H2,1-4H3,(H,18,19). The Labute approximate surface area is 116 Å². The lowest BCUT2D eigenvalue weighted by atomic mass is 10.0. The van der Waals surface area contributed by atoms with Gasteiger partial charge in [-0.2, -0.15) is 0 Å². The van der Waals surface area contributed by atoms with Crippen molar-refractivity contribution in [3.8, 4) is 0 Å². The number of carbonyl (C=O) groups is 1. The van der Waals surface area contributed by atoms with Crippen LogP contribution in [0.3, 0.4) is 0 Å². The van der Waals surface area contributed by atoms with Crippen LogP contribution in [-0.4, -0.2) is 12.5 Å². The highest BCUT2D eigenvalue weighted by atomic mass is 16.1. The van der Waals surface area contributed by atoms with E-state index >= 15 is 0 Å². The van der Waals surface area contributed by atoms with Crippen molar-refractivity contribution < 1.29 is 4.79 Å². The molecule has 0 aromatic heterocycles. The van der Waals surface area contributed by atoms with Gasteiger partial charge in [0.25, 0.3) is 0 Å². The van der Waals surface area contributed by atoms with Crippen LogP contribution in [0.1, 0.15) is 52.1 Å². The lowest BCUT2D eigenvalue weighted by molar-refractivity contribution is -0.119. The minimum absolute atomic E-state index is 0.0693. The van der Waals surface area contributed by atoms with Crippen molar-refractivity contribution >= 4 is 11.6 Å². The quantitative estimate of drug-likeness (QED) is 0.786. The van der Waals surface area contributed by atoms with Gasteiger partial charge in [0, 0.05) is 17.6 Å². The van der Waals surface area contributed by atoms with Gasteiger partial charge in [-0.25, -0.2) is 0 Å². The maximum atomic E-state index is 12.0. The largest absolute Gasteiger partial charge is 0.326 e. The average molecular weight is 262 g/mol. The first kappa shape index (κ1) is 15.7. The average Bonchev–Trinajstić information content (AvgIpc) is 2.39. The van der Waals surface area contributed by atoms with Crippen molar-refractivity contribution in [3.05, 3.63) is 29.8 Å². The first-order chi connectivity index (χ1) is 9.08. The summed E-state index contributed by atoms with van der Waals surface area (Å²) in [5.41, 5.74) is 2.08. The topological polar surface area (TPSA) is 41.1 Å². The Kier molecular flexibility index (Phi) is 6.57. The number of nitrogens with one attached hydrogen (secondary N) is 2. The van der Waals surface area contributed by atoms with E-state index in [9.17, 15) is 4.79 Å². The number of rotatable bonds is 7. The molecule has 1 aromatic carbocycles. The van der Waals surface area contributed by atoms with Crippen LogP contribution in [0.15, 0.2) is 24.3 Å². The molecule has 0 radical (unpaired) electrons. The molecule has 0 fully saturated rings. The summed E-state index contributed by atoms with van der Waals surface area (Å²) in [6, 6.07) is 8.36. The van der Waals surface area contributed by atoms with E-state index in [1.807, 2.05) is 25.1 Å². The molecule has 0 bridgehead atoms. The molecule has 19 heavy (non-hydrogen) atoms. The van der Waals surface area contributed by atoms with Gasteiger partial charge in [0.15, 0.2) is 0 Å². The van der Waals surface area contributed by atoms with Crippen LogP contribution in [0.25, 0.3) is 0 Å². The Morgan fingerprint density at radius 2 is 2.00 bits per heavy atom. The molecule has 2 atom stereocenters. The summed E-state index contributed by atoms with van der Waals surface area (Å²) >= 11 is 0. The van der Waals surface area contributed by atoms with Crippen LogP contribution in [0.2, 0.25) is 0 Å². The van der Waals surface area contributed by atoms with Gasteiger partial charge in [0.05, 0.1) is 0 Å². The molecule has 0 aliphatic carbocycles. The minimum atomic E-state index is 0.0693. The van der Waals surface area contributed by atoms with Crippen molar-refractivity contribution in [1.29, 1.82) is 0 Å². The van der Waals surface area contributed by atoms with Crippen molar-refractivity contribution in [2.24, 2.45) is 5.92 Å². The Bertz CT molecular complexity index is 403. The highest BCUT2D eigenvalue weighted by Crippen LogP contribution is 2.18. The summed E-state index contributed by atoms with van der Waals surface area (Å²) in [6.45, 7) is 9.23. The van der Waals surface area contributed by atoms with Gasteiger partial charge in [-0.15, -0.1) is 0 Å². The maximum absolute atomic E-state index is 12.0. The van der Waals surface area contributed by atoms with Gasteiger partial charge in [-0.3, -0.25) is 4.79 Å². The van der Waals surface area contributed by atoms with E-state index in [2.05, 4.69) is 37.5 Å². The molecule has 1 rings (SSSR count). The zero-order valence-electron chi connectivity index (χ0n) is 12.5. The van der Waals surface area contributed by atoms with Gasteiger partial charge in [0.1, 0.15) is 0 Å². The number of hydrogen-bond acceptors (Lipinski definition) is 2. The Morgan fingerprint density at radius 3 is 2.63 bits per heavy atom. The number of amides is 1. The third-order valence-corrected chi connectivity index (χ3v) is 3.33. The van der Waals surface area contributed by atoms with Gasteiger partial charge in [-0.1, -0.05) is 39.3 Å². The van der Waals surface area contributed by atoms with Gasteiger partial charge in [-0.05, 0) is 37.6 Å². The molecule has 3 nitrogen and oxygen atoms in total. The SMILES string of the molecule is CCCC(C)C(=O)Nc1cccc(C(C)NCC)c1. The summed E-state index contributed by atoms with van der Waals surface area (Å²) in [6.07, 6.45) is 1.96. The fraction of sp³-hybridized carbons (Fsp3) is 0.562. The molecule has 0 saturated heterocycles. The molecule has 2 unspecified atom stereocenters. The van der Waals surface area contributed by atoms with Gasteiger partial charge >= 0.3 is 0 Å². The number of hydrogen-bond donors (Lipinski definition) is 2. The Hall–Kier alpha value is -1.35. The normalized spacial score (nSPS) is 13.9. The highest BCUT2D eigenvalue weighted by molar-refractivity contribution is 5.92. The number of benzene rings is 1. The monoisotopic (exact) mass is 262 g/mol. The molecule has 0 heterocycles. The van der Waals surface area contributed by atoms with Crippen molar-refractivity contribution in [3.63, 3.8) is 0 Å². The smallest absolute Gasteiger partial charge is 0.227 e. The predicted octanol–water partition coefficient (Wildman–Crippen LogP) is 3.73. The second-order valence-corrected chi connectivity index (χ2v) is 5.08. The second-order valence-electron chi connectivity index (χ2n) is 5.08. The van der Waals surface area contributed by atoms with Crippen LogP contribution in [-0.2, 0) is 4.79 Å². The molecule has 0 aliphatic heterocycles. The van der Waals surface area contributed by atoms with Gasteiger partial charge < -0.3 is 10.6 Å². The maximum Gasteiger partial charge on any atom is 0.227 e. The van der Waals surface area contributed by atoms with Crippen molar-refractivity contribution in [2.45, 2.75) is 46.6 Å². The van der Waals surface area contributed by atoms with E-state index in [4.69, 9.17) is 0 Å². The molecule has 0 saturated carbocycles. The van der Waals surface area contributed by atoms with Crippen LogP contribution in [0.5, 0.6) is 0 Å². The van der Waals surface area contributed by atoms with Crippen LogP contribution < -0.4 is 10.6 Å². The Morgan fingerprint density at radius 1 is 1.26 bits per heavy atom. The van der Waals surface area contributed by atoms with Crippen molar-refractivity contribution in [1.82, 2.24) is 5.32 Å². The van der Waals surface area contributed by atoms with E-state index in [-0.39, 0.29) is 11.8 Å². The molecule has 0 spiro atoms. The summed E-state index contributed by atoms with van der Waals surface area (Å²) in [7, 11) is 0. The number of carbonyl (C=O) groups excluding carboxylic acids is 1. The van der Waals surface area contributed by atoms with Crippen molar-refractivity contribution in [2.75, 3.05) is 11.9 Å². The molecular weight excluding hydrogens is 236 g/mol. The lowest BCUT2D eigenvalue weighted by Crippen LogP contribution is -2.21. The molecule has 106 valence electrons. The summed E-state index contributed by atoms with van der Waals surface area (Å²) in [5.74, 6) is 0.176. The van der Waals surface area contributed by atoms with E-state index in [1.54, 1.807) is 0 Å². The fourth-order valence-corrected chi connectivity index (χ4v) is 2.14. The molecule has 2 N–H and O–H groups in total. The molecule has 0 aliphatic rings. The summed E-state index contributed by atoms with van der Waals surface area (Å²) in [4.78, 5) is 12.0. The highest BCUT2D eigenvalue weighted by Gasteiger charge is 2.12. The fourth-order valence-electron chi connectivity index (χ4n) is 2.14. The van der Waals surface area contributed by atoms with Gasteiger partial charge in [0.2, 0.25) is 5.91 Å². The van der Waals surface area contributed by atoms with E-state index in [1.165, 1.54) is 5.56 Å². The minimum Gasteiger partial charge on any atom is -0.326 e. The second kappa shape index (κ2) is 7.95.